The molecule has 1 heterocycles. The number of amides is 1. The first-order valence-electron chi connectivity index (χ1n) is 8.03. The topological polar surface area (TPSA) is 79.3 Å². The zero-order valence-corrected chi connectivity index (χ0v) is 14.7. The predicted molar refractivity (Wildman–Crippen MR) is 95.1 cm³/mol. The fourth-order valence-corrected chi connectivity index (χ4v) is 3.19. The number of aromatic nitrogens is 1. The first kappa shape index (κ1) is 18.1. The number of hydrogen-bond acceptors (Lipinski definition) is 4. The molecule has 1 amide bonds. The van der Waals surface area contributed by atoms with Crippen molar-refractivity contribution in [2.45, 2.75) is 45.6 Å². The van der Waals surface area contributed by atoms with E-state index in [0.29, 0.717) is 12.1 Å². The summed E-state index contributed by atoms with van der Waals surface area (Å²) in [6, 6.07) is 7.21. The summed E-state index contributed by atoms with van der Waals surface area (Å²) in [6.07, 6.45) is 2.21. The molecule has 2 rings (SSSR count). The lowest BCUT2D eigenvalue weighted by Gasteiger charge is -2.13. The Hall–Kier alpha value is -2.21. The van der Waals surface area contributed by atoms with Crippen molar-refractivity contribution < 1.29 is 14.7 Å². The van der Waals surface area contributed by atoms with E-state index in [4.69, 9.17) is 5.11 Å². The molecule has 0 saturated heterocycles. The van der Waals surface area contributed by atoms with Gasteiger partial charge in [0.1, 0.15) is 11.0 Å². The first-order valence-corrected chi connectivity index (χ1v) is 8.91. The molecule has 128 valence electrons. The molecular formula is C18H22N2O3S. The van der Waals surface area contributed by atoms with Crippen LogP contribution in [0.4, 0.5) is 0 Å². The molecule has 1 atom stereocenters. The standard InChI is InChI=1S/C18H22N2O3S/c1-3-4-8-15(18(22)23)20-16(21)10-14-11-24-17(19-14)13-7-5-6-12(2)9-13/h5-7,9,11,15H,3-4,8,10H2,1-2H3,(H,20,21)(H,22,23). The monoisotopic (exact) mass is 346 g/mol. The Morgan fingerprint density at radius 3 is 2.83 bits per heavy atom. The van der Waals surface area contributed by atoms with Crippen LogP contribution >= 0.6 is 11.3 Å². The smallest absolute Gasteiger partial charge is 0.326 e. The molecule has 1 aromatic heterocycles. The Bertz CT molecular complexity index is 712. The van der Waals surface area contributed by atoms with Gasteiger partial charge in [0.15, 0.2) is 0 Å². The highest BCUT2D eigenvalue weighted by molar-refractivity contribution is 7.13. The fourth-order valence-electron chi connectivity index (χ4n) is 2.37. The quantitative estimate of drug-likeness (QED) is 0.767. The van der Waals surface area contributed by atoms with Gasteiger partial charge in [-0.1, -0.05) is 43.5 Å². The van der Waals surface area contributed by atoms with Gasteiger partial charge in [-0.3, -0.25) is 4.79 Å². The van der Waals surface area contributed by atoms with Crippen LogP contribution in [-0.4, -0.2) is 28.0 Å². The Morgan fingerprint density at radius 1 is 1.38 bits per heavy atom. The highest BCUT2D eigenvalue weighted by Gasteiger charge is 2.19. The Morgan fingerprint density at radius 2 is 2.17 bits per heavy atom. The summed E-state index contributed by atoms with van der Waals surface area (Å²) < 4.78 is 0. The van der Waals surface area contributed by atoms with Crippen LogP contribution in [0, 0.1) is 6.92 Å². The molecule has 2 N–H and O–H groups in total. The fraction of sp³-hybridized carbons (Fsp3) is 0.389. The Labute approximate surface area is 145 Å². The number of thiazole rings is 1. The number of carboxylic acids is 1. The summed E-state index contributed by atoms with van der Waals surface area (Å²) in [6.45, 7) is 4.01. The molecular weight excluding hydrogens is 324 g/mol. The number of benzene rings is 1. The van der Waals surface area contributed by atoms with Crippen molar-refractivity contribution >= 4 is 23.2 Å². The summed E-state index contributed by atoms with van der Waals surface area (Å²) in [4.78, 5) is 27.8. The summed E-state index contributed by atoms with van der Waals surface area (Å²) in [5.74, 6) is -1.30. The molecule has 0 bridgehead atoms. The number of nitrogens with one attached hydrogen (secondary N) is 1. The van der Waals surface area contributed by atoms with Gasteiger partial charge in [0.25, 0.3) is 0 Å². The molecule has 0 aliphatic carbocycles. The van der Waals surface area contributed by atoms with Crippen molar-refractivity contribution in [1.82, 2.24) is 10.3 Å². The number of aryl methyl sites for hydroxylation is 1. The number of carbonyl (C=O) groups excluding carboxylic acids is 1. The minimum Gasteiger partial charge on any atom is -0.480 e. The number of unbranched alkanes of at least 4 members (excludes halogenated alkanes) is 1. The van der Waals surface area contributed by atoms with E-state index in [-0.39, 0.29) is 12.3 Å². The van der Waals surface area contributed by atoms with Gasteiger partial charge in [0.2, 0.25) is 5.91 Å². The third kappa shape index (κ3) is 5.16. The third-order valence-corrected chi connectivity index (χ3v) is 4.58. The maximum absolute atomic E-state index is 12.1. The SMILES string of the molecule is CCCCC(NC(=O)Cc1csc(-c2cccc(C)c2)n1)C(=O)O. The average Bonchev–Trinajstić information content (AvgIpc) is 2.99. The summed E-state index contributed by atoms with van der Waals surface area (Å²) in [5.41, 5.74) is 2.84. The van der Waals surface area contributed by atoms with Gasteiger partial charge in [0, 0.05) is 10.9 Å². The van der Waals surface area contributed by atoms with Crippen LogP contribution in [0.15, 0.2) is 29.6 Å². The van der Waals surface area contributed by atoms with Crippen molar-refractivity contribution in [1.29, 1.82) is 0 Å². The minimum absolute atomic E-state index is 0.0955. The molecule has 0 spiro atoms. The number of rotatable bonds is 8. The summed E-state index contributed by atoms with van der Waals surface area (Å²) >= 11 is 1.48. The minimum atomic E-state index is -0.990. The zero-order chi connectivity index (χ0) is 17.5. The summed E-state index contributed by atoms with van der Waals surface area (Å²) in [7, 11) is 0. The largest absolute Gasteiger partial charge is 0.480 e. The van der Waals surface area contributed by atoms with Crippen LogP contribution in [0.5, 0.6) is 0 Å². The number of nitrogens with zero attached hydrogens (tertiary/aromatic N) is 1. The zero-order valence-electron chi connectivity index (χ0n) is 13.9. The van der Waals surface area contributed by atoms with Crippen molar-refractivity contribution in [3.63, 3.8) is 0 Å². The van der Waals surface area contributed by atoms with Gasteiger partial charge in [0.05, 0.1) is 12.1 Å². The normalized spacial score (nSPS) is 11.9. The van der Waals surface area contributed by atoms with E-state index in [9.17, 15) is 9.59 Å². The number of carbonyl (C=O) groups is 2. The molecule has 0 fully saturated rings. The van der Waals surface area contributed by atoms with Gasteiger partial charge >= 0.3 is 5.97 Å². The molecule has 0 radical (unpaired) electrons. The molecule has 5 nitrogen and oxygen atoms in total. The molecule has 1 aromatic carbocycles. The van der Waals surface area contributed by atoms with E-state index in [0.717, 1.165) is 29.0 Å². The van der Waals surface area contributed by atoms with Crippen LogP contribution in [0.3, 0.4) is 0 Å². The molecule has 0 saturated carbocycles. The second-order valence-electron chi connectivity index (χ2n) is 5.79. The van der Waals surface area contributed by atoms with E-state index in [2.05, 4.69) is 10.3 Å². The lowest BCUT2D eigenvalue weighted by Crippen LogP contribution is -2.41. The van der Waals surface area contributed by atoms with Gasteiger partial charge in [-0.2, -0.15) is 0 Å². The van der Waals surface area contributed by atoms with Gasteiger partial charge in [-0.25, -0.2) is 9.78 Å². The predicted octanol–water partition coefficient (Wildman–Crippen LogP) is 3.42. The molecule has 1 unspecified atom stereocenters. The van der Waals surface area contributed by atoms with Crippen LogP contribution in [-0.2, 0) is 16.0 Å². The molecule has 24 heavy (non-hydrogen) atoms. The maximum atomic E-state index is 12.1. The van der Waals surface area contributed by atoms with Crippen LogP contribution in [0.2, 0.25) is 0 Å². The van der Waals surface area contributed by atoms with Crippen LogP contribution in [0.25, 0.3) is 10.6 Å². The van der Waals surface area contributed by atoms with Crippen LogP contribution < -0.4 is 5.32 Å². The van der Waals surface area contributed by atoms with E-state index in [1.165, 1.54) is 11.3 Å². The Kier molecular flexibility index (Phi) is 6.49. The molecule has 0 aliphatic rings. The molecule has 0 aliphatic heterocycles. The van der Waals surface area contributed by atoms with Crippen molar-refractivity contribution in [2.24, 2.45) is 0 Å². The third-order valence-electron chi connectivity index (χ3n) is 3.64. The van der Waals surface area contributed by atoms with E-state index < -0.39 is 12.0 Å². The Balaban J connectivity index is 1.98. The van der Waals surface area contributed by atoms with Gasteiger partial charge in [-0.15, -0.1) is 11.3 Å². The lowest BCUT2D eigenvalue weighted by atomic mass is 10.1. The van der Waals surface area contributed by atoms with E-state index in [1.54, 1.807) is 0 Å². The number of aliphatic carboxylic acids is 1. The molecule has 2 aromatic rings. The van der Waals surface area contributed by atoms with Crippen LogP contribution in [0.1, 0.15) is 37.4 Å². The maximum Gasteiger partial charge on any atom is 0.326 e. The first-order chi connectivity index (χ1) is 11.5. The van der Waals surface area contributed by atoms with E-state index >= 15 is 0 Å². The van der Waals surface area contributed by atoms with Crippen molar-refractivity contribution in [3.05, 3.63) is 40.9 Å². The van der Waals surface area contributed by atoms with Crippen molar-refractivity contribution in [3.8, 4) is 10.6 Å². The number of carboxylic acid groups (broad SMARTS) is 1. The highest BCUT2D eigenvalue weighted by atomic mass is 32.1. The highest BCUT2D eigenvalue weighted by Crippen LogP contribution is 2.24. The lowest BCUT2D eigenvalue weighted by molar-refractivity contribution is -0.142. The second-order valence-corrected chi connectivity index (χ2v) is 6.65. The second kappa shape index (κ2) is 8.59. The molecule has 6 heteroatoms. The van der Waals surface area contributed by atoms with Gasteiger partial charge in [-0.05, 0) is 19.4 Å². The van der Waals surface area contributed by atoms with E-state index in [1.807, 2.05) is 43.5 Å². The van der Waals surface area contributed by atoms with Gasteiger partial charge < -0.3 is 10.4 Å². The summed E-state index contributed by atoms with van der Waals surface area (Å²) in [5, 5.41) is 14.5. The average molecular weight is 346 g/mol. The van der Waals surface area contributed by atoms with Crippen molar-refractivity contribution in [2.75, 3.05) is 0 Å². The number of hydrogen-bond donors (Lipinski definition) is 2.